The number of rotatable bonds is 15. The number of unbranched alkanes of at least 4 members (excludes halogenated alkanes) is 8. The van der Waals surface area contributed by atoms with E-state index in [1.807, 2.05) is 0 Å². The zero-order chi connectivity index (χ0) is 16.0. The first kappa shape index (κ1) is 19.5. The Hall–Kier alpha value is -0.570. The van der Waals surface area contributed by atoms with Crippen LogP contribution in [-0.4, -0.2) is 25.3 Å². The monoisotopic (exact) mass is 312 g/mol. The fourth-order valence-corrected chi connectivity index (χ4v) is 2.83. The third-order valence-corrected chi connectivity index (χ3v) is 4.46. The van der Waals surface area contributed by atoms with Crippen molar-refractivity contribution in [1.82, 2.24) is 0 Å². The Morgan fingerprint density at radius 1 is 0.955 bits per heavy atom. The van der Waals surface area contributed by atoms with Gasteiger partial charge in [0, 0.05) is 0 Å². The van der Waals surface area contributed by atoms with Crippen LogP contribution in [0.3, 0.4) is 0 Å². The molecule has 1 saturated heterocycles. The van der Waals surface area contributed by atoms with Gasteiger partial charge in [0.2, 0.25) is 0 Å². The van der Waals surface area contributed by atoms with Crippen LogP contribution >= 0.6 is 0 Å². The molecule has 0 amide bonds. The van der Waals surface area contributed by atoms with Crippen molar-refractivity contribution in [1.29, 1.82) is 0 Å². The standard InChI is InChI=1S/C19H36O3/c1-3-5-7-9-10-12-14-17(13-11-8-6-4-2)19(20)22-16-18-15-21-18/h17-18H,3-16H2,1-2H3. The Bertz CT molecular complexity index is 274. The molecule has 1 aliphatic heterocycles. The summed E-state index contributed by atoms with van der Waals surface area (Å²) in [7, 11) is 0. The summed E-state index contributed by atoms with van der Waals surface area (Å²) in [6, 6.07) is 0. The predicted molar refractivity (Wildman–Crippen MR) is 90.9 cm³/mol. The maximum Gasteiger partial charge on any atom is 0.309 e. The van der Waals surface area contributed by atoms with Gasteiger partial charge < -0.3 is 9.47 Å². The van der Waals surface area contributed by atoms with Crippen LogP contribution in [0.1, 0.15) is 90.9 Å². The molecule has 2 unspecified atom stereocenters. The van der Waals surface area contributed by atoms with Gasteiger partial charge in [0.15, 0.2) is 0 Å². The molecule has 22 heavy (non-hydrogen) atoms. The molecule has 1 fully saturated rings. The lowest BCUT2D eigenvalue weighted by atomic mass is 9.94. The van der Waals surface area contributed by atoms with Crippen molar-refractivity contribution >= 4 is 5.97 Å². The number of esters is 1. The first-order valence-electron chi connectivity index (χ1n) is 9.56. The summed E-state index contributed by atoms with van der Waals surface area (Å²) in [4.78, 5) is 12.2. The molecule has 130 valence electrons. The Balaban J connectivity index is 2.17. The smallest absolute Gasteiger partial charge is 0.309 e. The van der Waals surface area contributed by atoms with Crippen molar-refractivity contribution in [2.45, 2.75) is 97.0 Å². The highest BCUT2D eigenvalue weighted by atomic mass is 16.6. The molecule has 0 N–H and O–H groups in total. The number of carbonyl (C=O) groups is 1. The van der Waals surface area contributed by atoms with E-state index in [9.17, 15) is 4.79 Å². The molecule has 0 aliphatic carbocycles. The third-order valence-electron chi connectivity index (χ3n) is 4.46. The van der Waals surface area contributed by atoms with Crippen LogP contribution in [0.2, 0.25) is 0 Å². The zero-order valence-electron chi connectivity index (χ0n) is 14.8. The summed E-state index contributed by atoms with van der Waals surface area (Å²) in [5.74, 6) is 0.127. The zero-order valence-corrected chi connectivity index (χ0v) is 14.8. The summed E-state index contributed by atoms with van der Waals surface area (Å²) in [6.45, 7) is 5.68. The molecule has 3 nitrogen and oxygen atoms in total. The van der Waals surface area contributed by atoms with Crippen LogP contribution in [0.4, 0.5) is 0 Å². The molecular formula is C19H36O3. The van der Waals surface area contributed by atoms with E-state index >= 15 is 0 Å². The van der Waals surface area contributed by atoms with Crippen LogP contribution in [0.5, 0.6) is 0 Å². The summed E-state index contributed by atoms with van der Waals surface area (Å²) in [6.07, 6.45) is 14.8. The van der Waals surface area contributed by atoms with E-state index in [1.54, 1.807) is 0 Å². The van der Waals surface area contributed by atoms with Gasteiger partial charge >= 0.3 is 5.97 Å². The van der Waals surface area contributed by atoms with Crippen LogP contribution in [-0.2, 0) is 14.3 Å². The lowest BCUT2D eigenvalue weighted by Crippen LogP contribution is -2.20. The molecule has 3 heteroatoms. The highest BCUT2D eigenvalue weighted by Gasteiger charge is 2.26. The van der Waals surface area contributed by atoms with E-state index in [4.69, 9.17) is 9.47 Å². The number of hydrogen-bond acceptors (Lipinski definition) is 3. The van der Waals surface area contributed by atoms with Gasteiger partial charge in [-0.15, -0.1) is 0 Å². The van der Waals surface area contributed by atoms with Crippen molar-refractivity contribution in [3.8, 4) is 0 Å². The minimum atomic E-state index is 0.0144. The summed E-state index contributed by atoms with van der Waals surface area (Å²) < 4.78 is 10.5. The maximum atomic E-state index is 12.2. The molecular weight excluding hydrogens is 276 g/mol. The Morgan fingerprint density at radius 2 is 1.45 bits per heavy atom. The fraction of sp³-hybridized carbons (Fsp3) is 0.947. The molecule has 0 spiro atoms. The predicted octanol–water partition coefficient (Wildman–Crippen LogP) is 5.27. The van der Waals surface area contributed by atoms with Gasteiger partial charge in [0.1, 0.15) is 12.7 Å². The first-order chi connectivity index (χ1) is 10.8. The van der Waals surface area contributed by atoms with Crippen LogP contribution in [0.25, 0.3) is 0 Å². The Kier molecular flexibility index (Phi) is 11.4. The molecule has 1 rings (SSSR count). The second-order valence-electron chi connectivity index (χ2n) is 6.69. The van der Waals surface area contributed by atoms with Gasteiger partial charge in [-0.05, 0) is 12.8 Å². The van der Waals surface area contributed by atoms with Gasteiger partial charge in [0.25, 0.3) is 0 Å². The van der Waals surface area contributed by atoms with Gasteiger partial charge in [0.05, 0.1) is 12.5 Å². The molecule has 0 bridgehead atoms. The summed E-state index contributed by atoms with van der Waals surface area (Å²) in [5.41, 5.74) is 0. The van der Waals surface area contributed by atoms with E-state index in [0.29, 0.717) is 6.61 Å². The van der Waals surface area contributed by atoms with Crippen LogP contribution in [0.15, 0.2) is 0 Å². The lowest BCUT2D eigenvalue weighted by molar-refractivity contribution is -0.149. The van der Waals surface area contributed by atoms with Crippen molar-refractivity contribution in [3.63, 3.8) is 0 Å². The number of ether oxygens (including phenoxy) is 2. The number of carbonyl (C=O) groups excluding carboxylic acids is 1. The minimum absolute atomic E-state index is 0.0144. The van der Waals surface area contributed by atoms with Gasteiger partial charge in [-0.25, -0.2) is 0 Å². The number of hydrogen-bond donors (Lipinski definition) is 0. The molecule has 0 aromatic heterocycles. The molecule has 1 heterocycles. The largest absolute Gasteiger partial charge is 0.463 e. The molecule has 1 aliphatic rings. The highest BCUT2D eigenvalue weighted by Crippen LogP contribution is 2.21. The molecule has 0 aromatic carbocycles. The molecule has 0 saturated carbocycles. The average molecular weight is 312 g/mol. The summed E-state index contributed by atoms with van der Waals surface area (Å²) >= 11 is 0. The first-order valence-corrected chi connectivity index (χ1v) is 9.56. The van der Waals surface area contributed by atoms with Crippen molar-refractivity contribution in [2.24, 2.45) is 5.92 Å². The second kappa shape index (κ2) is 12.9. The maximum absolute atomic E-state index is 12.2. The van der Waals surface area contributed by atoms with Gasteiger partial charge in [-0.1, -0.05) is 78.1 Å². The van der Waals surface area contributed by atoms with E-state index in [0.717, 1.165) is 32.3 Å². The minimum Gasteiger partial charge on any atom is -0.463 e. The van der Waals surface area contributed by atoms with E-state index in [-0.39, 0.29) is 18.0 Å². The topological polar surface area (TPSA) is 38.8 Å². The quantitative estimate of drug-likeness (QED) is 0.235. The summed E-state index contributed by atoms with van der Waals surface area (Å²) in [5, 5.41) is 0. The van der Waals surface area contributed by atoms with Crippen LogP contribution < -0.4 is 0 Å². The molecule has 2 atom stereocenters. The van der Waals surface area contributed by atoms with E-state index in [1.165, 1.54) is 51.4 Å². The lowest BCUT2D eigenvalue weighted by Gasteiger charge is -2.15. The average Bonchev–Trinajstić information content (AvgIpc) is 3.34. The van der Waals surface area contributed by atoms with Gasteiger partial charge in [-0.3, -0.25) is 4.79 Å². The Labute approximate surface area is 137 Å². The molecule has 0 aromatic rings. The van der Waals surface area contributed by atoms with Crippen LogP contribution in [0, 0.1) is 5.92 Å². The van der Waals surface area contributed by atoms with E-state index in [2.05, 4.69) is 13.8 Å². The van der Waals surface area contributed by atoms with Crippen molar-refractivity contribution in [3.05, 3.63) is 0 Å². The molecule has 0 radical (unpaired) electrons. The highest BCUT2D eigenvalue weighted by molar-refractivity contribution is 5.72. The Morgan fingerprint density at radius 3 is 2.00 bits per heavy atom. The number of epoxide rings is 1. The van der Waals surface area contributed by atoms with Crippen molar-refractivity contribution < 1.29 is 14.3 Å². The van der Waals surface area contributed by atoms with E-state index < -0.39 is 0 Å². The fourth-order valence-electron chi connectivity index (χ4n) is 2.83. The van der Waals surface area contributed by atoms with Gasteiger partial charge in [-0.2, -0.15) is 0 Å². The normalized spacial score (nSPS) is 18.2. The third kappa shape index (κ3) is 10.2. The van der Waals surface area contributed by atoms with Crippen molar-refractivity contribution in [2.75, 3.05) is 13.2 Å². The second-order valence-corrected chi connectivity index (χ2v) is 6.69. The SMILES string of the molecule is CCCCCCCCC(CCCCCC)C(=O)OCC1CO1.